The van der Waals surface area contributed by atoms with Crippen LogP contribution < -0.4 is 10.6 Å². The van der Waals surface area contributed by atoms with Crippen LogP contribution in [-0.2, 0) is 0 Å². The van der Waals surface area contributed by atoms with Crippen LogP contribution in [0.2, 0.25) is 0 Å². The smallest absolute Gasteiger partial charge is 0.255 e. The second-order valence-corrected chi connectivity index (χ2v) is 7.30. The molecule has 3 heterocycles. The molecule has 1 amide bonds. The highest BCUT2D eigenvalue weighted by atomic mass is 16.1. The van der Waals surface area contributed by atoms with E-state index < -0.39 is 119 Å². The molecule has 7 nitrogen and oxygen atoms in total. The highest BCUT2D eigenvalue weighted by Gasteiger charge is 2.12. The van der Waals surface area contributed by atoms with Gasteiger partial charge in [0.25, 0.3) is 5.91 Å². The quantitative estimate of drug-likeness (QED) is 0.293. The molecule has 0 aliphatic heterocycles. The van der Waals surface area contributed by atoms with Gasteiger partial charge in [-0.1, -0.05) is 6.04 Å². The summed E-state index contributed by atoms with van der Waals surface area (Å²) in [5.74, 6) is -2.07. The normalized spacial score (nSPS) is 17.8. The summed E-state index contributed by atoms with van der Waals surface area (Å²) in [6, 6.07) is -5.53. The topological polar surface area (TPSA) is 84.7 Å². The predicted molar refractivity (Wildman–Crippen MR) is 143 cm³/mol. The van der Waals surface area contributed by atoms with Gasteiger partial charge in [0.15, 0.2) is 0 Å². The molecule has 0 spiro atoms. The summed E-state index contributed by atoms with van der Waals surface area (Å²) < 4.78 is 142. The monoisotopic (exact) mass is 491 g/mol. The Hall–Kier alpha value is -4.78. The molecule has 0 bridgehead atoms. The van der Waals surface area contributed by atoms with Crippen molar-refractivity contribution in [2.75, 3.05) is 10.6 Å². The number of anilines is 3. The van der Waals surface area contributed by atoms with Gasteiger partial charge in [-0.25, -0.2) is 9.97 Å². The lowest BCUT2D eigenvalue weighted by molar-refractivity contribution is 0.102. The summed E-state index contributed by atoms with van der Waals surface area (Å²) >= 11 is 0. The summed E-state index contributed by atoms with van der Waals surface area (Å²) in [6.45, 7) is -0.344. The Morgan fingerprint density at radius 3 is 2.81 bits per heavy atom. The van der Waals surface area contributed by atoms with E-state index in [1.165, 1.54) is 19.9 Å². The lowest BCUT2D eigenvalue weighted by Crippen LogP contribution is -2.13. The number of hydrogen-bond donors (Lipinski definition) is 2. The first-order chi connectivity index (χ1) is 24.5. The molecule has 7 heteroatoms. The number of rotatable bonds is 6. The molecule has 0 saturated heterocycles. The number of aromatic nitrogens is 4. The summed E-state index contributed by atoms with van der Waals surface area (Å²) in [5, 5.41) is 4.63. The van der Waals surface area contributed by atoms with Crippen molar-refractivity contribution in [3.63, 3.8) is 0 Å². The number of benzene rings is 2. The zero-order chi connectivity index (χ0) is 39.8. The minimum atomic E-state index is -3.21. The van der Waals surface area contributed by atoms with Gasteiger partial charge >= 0.3 is 0 Å². The third-order valence-electron chi connectivity index (χ3n) is 4.56. The Balaban J connectivity index is 1.70. The Labute approximate surface area is 233 Å². The van der Waals surface area contributed by atoms with Crippen molar-refractivity contribution >= 4 is 23.2 Å². The lowest BCUT2D eigenvalue weighted by Gasteiger charge is -2.13. The Bertz CT molecular complexity index is 2390. The highest BCUT2D eigenvalue weighted by Crippen LogP contribution is 2.24. The van der Waals surface area contributed by atoms with Crippen LogP contribution in [0, 0.1) is 20.7 Å². The van der Waals surface area contributed by atoms with Gasteiger partial charge in [-0.05, 0) is 91.8 Å². The van der Waals surface area contributed by atoms with Gasteiger partial charge < -0.3 is 15.2 Å². The number of nitrogens with one attached hydrogen (secondary N) is 2. The Morgan fingerprint density at radius 1 is 1.06 bits per heavy atom. The molecule has 0 radical (unpaired) electrons. The van der Waals surface area contributed by atoms with Crippen LogP contribution in [0.25, 0.3) is 16.9 Å². The minimum absolute atomic E-state index is 0.0660. The van der Waals surface area contributed by atoms with Gasteiger partial charge in [0.2, 0.25) is 5.95 Å². The standard InChI is InChI=1S/C29H26N6O/c1-19-9-12-35(18-19)25-14-20(2)13-24(16-25)32-28(36)22-7-6-21(3)27(15-22)34-29-31-11-8-26(33-29)23-5-4-10-30-17-23/h4-18H,1-3H3,(H,32,36)(H,31,33,34)/i3D3,4D,5D,6D,7D,8D,10D,11D,12D,13D,14D,15D,16D,17D,18D. The minimum Gasteiger partial charge on any atom is -0.324 e. The first kappa shape index (κ1) is 10.5. The van der Waals surface area contributed by atoms with E-state index in [4.69, 9.17) is 23.3 Å². The van der Waals surface area contributed by atoms with E-state index >= 15 is 0 Å². The van der Waals surface area contributed by atoms with Crippen molar-refractivity contribution in [3.8, 4) is 16.9 Å². The van der Waals surface area contributed by atoms with Crippen LogP contribution >= 0.6 is 0 Å². The molecule has 0 aliphatic carbocycles. The summed E-state index contributed by atoms with van der Waals surface area (Å²) in [7, 11) is 0. The van der Waals surface area contributed by atoms with Gasteiger partial charge in [0.05, 0.1) is 24.9 Å². The fourth-order valence-corrected chi connectivity index (χ4v) is 2.99. The summed E-state index contributed by atoms with van der Waals surface area (Å²) in [4.78, 5) is 25.2. The van der Waals surface area contributed by atoms with Crippen molar-refractivity contribution in [2.45, 2.75) is 20.7 Å². The molecule has 2 aromatic carbocycles. The maximum absolute atomic E-state index is 13.9. The van der Waals surface area contributed by atoms with E-state index in [0.717, 1.165) is 4.57 Å². The van der Waals surface area contributed by atoms with Gasteiger partial charge in [-0.2, -0.15) is 0 Å². The average molecular weight is 492 g/mol. The van der Waals surface area contributed by atoms with Gasteiger partial charge in [-0.15, -0.1) is 0 Å². The molecule has 2 N–H and O–H groups in total. The number of carbonyl (C=O) groups excluding carboxylic acids is 1. The largest absolute Gasteiger partial charge is 0.324 e. The van der Waals surface area contributed by atoms with Gasteiger partial charge in [0.1, 0.15) is 0 Å². The molecule has 36 heavy (non-hydrogen) atoms. The molecule has 0 saturated carbocycles. The Kier molecular flexibility index (Phi) is 2.86. The van der Waals surface area contributed by atoms with Crippen LogP contribution in [0.3, 0.4) is 0 Å². The van der Waals surface area contributed by atoms with E-state index in [9.17, 15) is 4.79 Å². The van der Waals surface area contributed by atoms with Gasteiger partial charge in [-0.3, -0.25) is 9.78 Å². The maximum atomic E-state index is 13.9. The zero-order valence-electron chi connectivity index (χ0n) is 35.8. The van der Waals surface area contributed by atoms with Crippen LogP contribution in [0.1, 0.15) is 50.4 Å². The molecule has 0 unspecified atom stereocenters. The number of pyridine rings is 1. The zero-order valence-corrected chi connectivity index (χ0v) is 18.8. The van der Waals surface area contributed by atoms with E-state index in [-0.39, 0.29) is 29.6 Å². The van der Waals surface area contributed by atoms with E-state index in [2.05, 4.69) is 25.6 Å². The first-order valence-corrected chi connectivity index (χ1v) is 10.3. The maximum Gasteiger partial charge on any atom is 0.255 e. The van der Waals surface area contributed by atoms with Crippen molar-refractivity contribution in [2.24, 2.45) is 0 Å². The third kappa shape index (κ3) is 5.15. The molecule has 5 aromatic rings. The third-order valence-corrected chi connectivity index (χ3v) is 4.56. The fraction of sp³-hybridized carbons (Fsp3) is 0.103. The molecule has 0 fully saturated rings. The number of aryl methyl sites for hydroxylation is 1. The molecular formula is C29H26N6O. The molecule has 3 aromatic heterocycles. The second-order valence-electron chi connectivity index (χ2n) is 7.30. The van der Waals surface area contributed by atoms with Crippen molar-refractivity contribution < 1.29 is 28.1 Å². The molecule has 0 aliphatic rings. The fourth-order valence-electron chi connectivity index (χ4n) is 2.99. The molecule has 0 atom stereocenters. The van der Waals surface area contributed by atoms with Crippen LogP contribution in [-0.4, -0.2) is 25.4 Å². The average Bonchev–Trinajstić information content (AvgIpc) is 3.31. The summed E-state index contributed by atoms with van der Waals surface area (Å²) in [6.07, 6.45) is -2.78. The van der Waals surface area contributed by atoms with Crippen molar-refractivity contribution in [1.82, 2.24) is 19.5 Å². The number of carbonyl (C=O) groups is 1. The van der Waals surface area contributed by atoms with E-state index in [0.29, 0.717) is 5.56 Å². The van der Waals surface area contributed by atoms with Crippen molar-refractivity contribution in [1.29, 1.82) is 0 Å². The molecular weight excluding hydrogens is 448 g/mol. The lowest BCUT2D eigenvalue weighted by atomic mass is 10.1. The highest BCUT2D eigenvalue weighted by molar-refractivity contribution is 6.05. The van der Waals surface area contributed by atoms with Crippen LogP contribution in [0.4, 0.5) is 17.3 Å². The van der Waals surface area contributed by atoms with Crippen LogP contribution in [0.5, 0.6) is 0 Å². The Morgan fingerprint density at radius 2 is 1.97 bits per heavy atom. The SMILES string of the molecule is [2H]c1nc(Nc2c([2H])c(C(=O)Nc3c([2H])c(C)c([2H])c(-n4c([2H])cc(C)c4[2H])c3[2H])c([2H])c([2H])c2C([2H])([2H])[2H])nc(-c2c([2H])nc([2H])c([2H])c2[2H])c1[2H]. The first-order valence-electron chi connectivity index (χ1n) is 18.8. The van der Waals surface area contributed by atoms with Crippen molar-refractivity contribution in [3.05, 3.63) is 114 Å². The number of hydrogen-bond acceptors (Lipinski definition) is 5. The summed E-state index contributed by atoms with van der Waals surface area (Å²) in [5.41, 5.74) is -4.38. The predicted octanol–water partition coefficient (Wildman–Crippen LogP) is 6.25. The second kappa shape index (κ2) is 9.84. The van der Waals surface area contributed by atoms with Gasteiger partial charge in [0, 0.05) is 63.2 Å². The van der Waals surface area contributed by atoms with E-state index in [1.54, 1.807) is 0 Å². The number of amides is 1. The number of nitrogens with zero attached hydrogens (tertiary/aromatic N) is 4. The molecule has 5 rings (SSSR count). The van der Waals surface area contributed by atoms with Crippen LogP contribution in [0.15, 0.2) is 91.3 Å². The van der Waals surface area contributed by atoms with E-state index in [1.807, 2.05) is 0 Å². The molecule has 178 valence electrons.